The van der Waals surface area contributed by atoms with E-state index < -0.39 is 0 Å². The Kier molecular flexibility index (Phi) is 3.67. The zero-order valence-electron chi connectivity index (χ0n) is 11.1. The van der Waals surface area contributed by atoms with E-state index in [-0.39, 0.29) is 5.82 Å². The van der Waals surface area contributed by atoms with Crippen LogP contribution in [0.25, 0.3) is 0 Å². The van der Waals surface area contributed by atoms with Gasteiger partial charge in [-0.05, 0) is 59.5 Å². The average Bonchev–Trinajstić information content (AvgIpc) is 3.01. The van der Waals surface area contributed by atoms with Gasteiger partial charge >= 0.3 is 0 Å². The van der Waals surface area contributed by atoms with E-state index >= 15 is 0 Å². The van der Waals surface area contributed by atoms with Crippen LogP contribution in [0.4, 0.5) is 4.39 Å². The molecule has 1 unspecified atom stereocenters. The molecule has 3 rings (SSSR count). The lowest BCUT2D eigenvalue weighted by atomic mass is 10.1. The van der Waals surface area contributed by atoms with Crippen LogP contribution in [0.3, 0.4) is 0 Å². The second-order valence-corrected chi connectivity index (χ2v) is 6.04. The van der Waals surface area contributed by atoms with Gasteiger partial charge in [0.2, 0.25) is 0 Å². The van der Waals surface area contributed by atoms with E-state index in [1.807, 2.05) is 17.4 Å². The Balaban J connectivity index is 1.70. The third-order valence-electron chi connectivity index (χ3n) is 3.91. The Morgan fingerprint density at radius 2 is 2.26 bits per heavy atom. The summed E-state index contributed by atoms with van der Waals surface area (Å²) in [5, 5.41) is 5.78. The van der Waals surface area contributed by atoms with E-state index in [1.54, 1.807) is 12.1 Å². The predicted molar refractivity (Wildman–Crippen MR) is 78.0 cm³/mol. The molecule has 3 heteroatoms. The molecule has 0 spiro atoms. The lowest BCUT2D eigenvalue weighted by Crippen LogP contribution is -2.18. The molecule has 0 bridgehead atoms. The van der Waals surface area contributed by atoms with Gasteiger partial charge in [-0.15, -0.1) is 11.3 Å². The lowest BCUT2D eigenvalue weighted by Gasteiger charge is -2.14. The van der Waals surface area contributed by atoms with Crippen molar-refractivity contribution in [3.8, 4) is 0 Å². The number of hydrogen-bond acceptors (Lipinski definition) is 2. The van der Waals surface area contributed by atoms with Gasteiger partial charge in [-0.1, -0.05) is 13.0 Å². The van der Waals surface area contributed by atoms with Crippen LogP contribution < -0.4 is 5.32 Å². The summed E-state index contributed by atoms with van der Waals surface area (Å²) in [7, 11) is 0. The Morgan fingerprint density at radius 1 is 1.37 bits per heavy atom. The highest BCUT2D eigenvalue weighted by Crippen LogP contribution is 2.32. The van der Waals surface area contributed by atoms with Crippen molar-refractivity contribution in [3.05, 3.63) is 57.0 Å². The maximum Gasteiger partial charge on any atom is 0.123 e. The van der Waals surface area contributed by atoms with E-state index in [4.69, 9.17) is 0 Å². The van der Waals surface area contributed by atoms with Crippen molar-refractivity contribution >= 4 is 11.3 Å². The van der Waals surface area contributed by atoms with Crippen molar-refractivity contribution in [2.75, 3.05) is 0 Å². The molecule has 100 valence electrons. The van der Waals surface area contributed by atoms with Gasteiger partial charge in [-0.2, -0.15) is 0 Å². The van der Waals surface area contributed by atoms with Gasteiger partial charge < -0.3 is 5.32 Å². The summed E-state index contributed by atoms with van der Waals surface area (Å²) < 4.78 is 13.2. The van der Waals surface area contributed by atoms with Gasteiger partial charge in [-0.3, -0.25) is 0 Å². The summed E-state index contributed by atoms with van der Waals surface area (Å²) >= 11 is 1.82. The zero-order chi connectivity index (χ0) is 13.2. The van der Waals surface area contributed by atoms with Crippen molar-refractivity contribution in [2.45, 2.75) is 38.8 Å². The minimum Gasteiger partial charge on any atom is -0.305 e. The fourth-order valence-corrected chi connectivity index (χ4v) is 3.78. The molecule has 19 heavy (non-hydrogen) atoms. The van der Waals surface area contributed by atoms with Crippen LogP contribution in [0, 0.1) is 5.82 Å². The minimum atomic E-state index is -0.120. The van der Waals surface area contributed by atoms with E-state index in [0.717, 1.165) is 25.8 Å². The molecule has 0 saturated carbocycles. The van der Waals surface area contributed by atoms with E-state index in [9.17, 15) is 4.39 Å². The van der Waals surface area contributed by atoms with E-state index in [1.165, 1.54) is 21.6 Å². The monoisotopic (exact) mass is 275 g/mol. The van der Waals surface area contributed by atoms with Crippen LogP contribution in [0.2, 0.25) is 0 Å². The first-order valence-electron chi connectivity index (χ1n) is 6.85. The largest absolute Gasteiger partial charge is 0.305 e. The maximum absolute atomic E-state index is 13.2. The number of hydrogen-bond donors (Lipinski definition) is 1. The molecule has 1 aliphatic carbocycles. The van der Waals surface area contributed by atoms with Gasteiger partial charge in [0.1, 0.15) is 5.82 Å². The molecule has 0 radical (unpaired) electrons. The fraction of sp³-hybridized carbons (Fsp3) is 0.375. The molecule has 0 saturated heterocycles. The van der Waals surface area contributed by atoms with Crippen LogP contribution >= 0.6 is 11.3 Å². The summed E-state index contributed by atoms with van der Waals surface area (Å²) in [6, 6.07) is 7.77. The van der Waals surface area contributed by atoms with Gasteiger partial charge in [0.15, 0.2) is 0 Å². The molecule has 2 aromatic rings. The Labute approximate surface area is 117 Å². The van der Waals surface area contributed by atoms with Crippen LogP contribution in [-0.2, 0) is 19.4 Å². The smallest absolute Gasteiger partial charge is 0.123 e. The SMILES string of the molecule is CCc1ccsc1CNC1CCc2cc(F)ccc21. The van der Waals surface area contributed by atoms with E-state index in [0.29, 0.717) is 6.04 Å². The quantitative estimate of drug-likeness (QED) is 0.880. The lowest BCUT2D eigenvalue weighted by molar-refractivity contribution is 0.532. The molecule has 0 fully saturated rings. The summed E-state index contributed by atoms with van der Waals surface area (Å²) in [6.07, 6.45) is 3.15. The summed E-state index contributed by atoms with van der Waals surface area (Å²) in [5.41, 5.74) is 3.88. The van der Waals surface area contributed by atoms with Gasteiger partial charge in [0.25, 0.3) is 0 Å². The Morgan fingerprint density at radius 3 is 3.11 bits per heavy atom. The van der Waals surface area contributed by atoms with Crippen molar-refractivity contribution in [3.63, 3.8) is 0 Å². The molecule has 1 atom stereocenters. The van der Waals surface area contributed by atoms with Gasteiger partial charge in [0, 0.05) is 17.5 Å². The number of rotatable bonds is 4. The maximum atomic E-state index is 13.2. The number of fused-ring (bicyclic) bond motifs is 1. The van der Waals surface area contributed by atoms with Gasteiger partial charge in [-0.25, -0.2) is 4.39 Å². The number of aryl methyl sites for hydroxylation is 2. The van der Waals surface area contributed by atoms with Crippen LogP contribution in [0.5, 0.6) is 0 Å². The molecule has 1 N–H and O–H groups in total. The number of halogens is 1. The minimum absolute atomic E-state index is 0.120. The molecular weight excluding hydrogens is 257 g/mol. The molecule has 1 aliphatic rings. The van der Waals surface area contributed by atoms with Crippen molar-refractivity contribution in [1.82, 2.24) is 5.32 Å². The first kappa shape index (κ1) is 12.8. The average molecular weight is 275 g/mol. The fourth-order valence-electron chi connectivity index (χ4n) is 2.85. The number of nitrogens with one attached hydrogen (secondary N) is 1. The predicted octanol–water partition coefficient (Wildman–Crippen LogP) is 4.23. The molecule has 1 nitrogen and oxygen atoms in total. The topological polar surface area (TPSA) is 12.0 Å². The molecule has 1 aromatic carbocycles. The molecule has 0 amide bonds. The molecular formula is C16H18FNS. The van der Waals surface area contributed by atoms with Crippen LogP contribution in [-0.4, -0.2) is 0 Å². The summed E-state index contributed by atoms with van der Waals surface area (Å²) in [4.78, 5) is 1.43. The molecule has 0 aliphatic heterocycles. The number of thiophene rings is 1. The highest BCUT2D eigenvalue weighted by molar-refractivity contribution is 7.10. The Bertz CT molecular complexity index is 576. The first-order valence-corrected chi connectivity index (χ1v) is 7.73. The van der Waals surface area contributed by atoms with Crippen molar-refractivity contribution in [2.24, 2.45) is 0 Å². The molecule has 1 aromatic heterocycles. The van der Waals surface area contributed by atoms with Crippen LogP contribution in [0.1, 0.15) is 41.0 Å². The van der Waals surface area contributed by atoms with Crippen molar-refractivity contribution < 1.29 is 4.39 Å². The van der Waals surface area contributed by atoms with E-state index in [2.05, 4.69) is 23.7 Å². The second-order valence-electron chi connectivity index (χ2n) is 5.04. The second kappa shape index (κ2) is 5.43. The highest BCUT2D eigenvalue weighted by atomic mass is 32.1. The van der Waals surface area contributed by atoms with Crippen LogP contribution in [0.15, 0.2) is 29.6 Å². The third-order valence-corrected chi connectivity index (χ3v) is 4.87. The summed E-state index contributed by atoms with van der Waals surface area (Å²) in [5.74, 6) is -0.120. The first-order chi connectivity index (χ1) is 9.28. The van der Waals surface area contributed by atoms with Gasteiger partial charge in [0.05, 0.1) is 0 Å². The normalized spacial score (nSPS) is 17.7. The highest BCUT2D eigenvalue weighted by Gasteiger charge is 2.22. The standard InChI is InChI=1S/C16H18FNS/c1-2-11-7-8-19-16(11)10-18-15-6-3-12-9-13(17)4-5-14(12)15/h4-5,7-9,15,18H,2-3,6,10H2,1H3. The molecule has 1 heterocycles. The zero-order valence-corrected chi connectivity index (χ0v) is 11.9. The van der Waals surface area contributed by atoms with Crippen molar-refractivity contribution in [1.29, 1.82) is 0 Å². The summed E-state index contributed by atoms with van der Waals surface area (Å²) in [6.45, 7) is 3.11. The Hall–Kier alpha value is -1.19. The third kappa shape index (κ3) is 2.58. The number of benzene rings is 1.